The molecule has 1 aromatic carbocycles. The van der Waals surface area contributed by atoms with E-state index in [-0.39, 0.29) is 17.9 Å². The first-order valence-corrected chi connectivity index (χ1v) is 7.68. The summed E-state index contributed by atoms with van der Waals surface area (Å²) in [5.74, 6) is 0.462. The first-order valence-electron chi connectivity index (χ1n) is 7.68. The number of nitrogens with one attached hydrogen (secondary N) is 1. The summed E-state index contributed by atoms with van der Waals surface area (Å²) in [6.45, 7) is 4.18. The van der Waals surface area contributed by atoms with Crippen LogP contribution in [0.3, 0.4) is 0 Å². The van der Waals surface area contributed by atoms with Crippen LogP contribution in [0, 0.1) is 5.92 Å². The number of carbonyl (C=O) groups excluding carboxylic acids is 1. The van der Waals surface area contributed by atoms with E-state index in [1.165, 1.54) is 5.56 Å². The maximum Gasteiger partial charge on any atom is 0.223 e. The lowest BCUT2D eigenvalue weighted by molar-refractivity contribution is -0.127. The van der Waals surface area contributed by atoms with Crippen molar-refractivity contribution in [2.45, 2.75) is 38.6 Å². The molecule has 1 aliphatic rings. The van der Waals surface area contributed by atoms with Gasteiger partial charge in [-0.05, 0) is 58.3 Å². The summed E-state index contributed by atoms with van der Waals surface area (Å²) in [7, 11) is 2.12. The topological polar surface area (TPSA) is 32.3 Å². The smallest absolute Gasteiger partial charge is 0.223 e. The van der Waals surface area contributed by atoms with Crippen molar-refractivity contribution in [1.29, 1.82) is 0 Å². The SMILES string of the molecule is C[C@@H](CCc1ccccc1)NC(=O)C1CCN(C)CC1. The molecule has 110 valence electrons. The summed E-state index contributed by atoms with van der Waals surface area (Å²) in [6.07, 6.45) is 4.01. The zero-order valence-electron chi connectivity index (χ0n) is 12.6. The van der Waals surface area contributed by atoms with Gasteiger partial charge in [0.25, 0.3) is 0 Å². The number of hydrogen-bond acceptors (Lipinski definition) is 2. The number of amides is 1. The van der Waals surface area contributed by atoms with Gasteiger partial charge >= 0.3 is 0 Å². The maximum absolute atomic E-state index is 12.2. The average Bonchev–Trinajstić information content (AvgIpc) is 2.47. The van der Waals surface area contributed by atoms with E-state index >= 15 is 0 Å². The fourth-order valence-corrected chi connectivity index (χ4v) is 2.73. The molecule has 3 heteroatoms. The van der Waals surface area contributed by atoms with E-state index < -0.39 is 0 Å². The number of benzene rings is 1. The van der Waals surface area contributed by atoms with Crippen molar-refractivity contribution in [2.24, 2.45) is 5.92 Å². The number of piperidine rings is 1. The highest BCUT2D eigenvalue weighted by atomic mass is 16.1. The Morgan fingerprint density at radius 2 is 1.95 bits per heavy atom. The lowest BCUT2D eigenvalue weighted by Gasteiger charge is -2.29. The third-order valence-corrected chi connectivity index (χ3v) is 4.19. The van der Waals surface area contributed by atoms with Gasteiger partial charge in [0.1, 0.15) is 0 Å². The third kappa shape index (κ3) is 4.64. The molecule has 2 rings (SSSR count). The van der Waals surface area contributed by atoms with Gasteiger partial charge in [-0.15, -0.1) is 0 Å². The van der Waals surface area contributed by atoms with Crippen LogP contribution < -0.4 is 5.32 Å². The van der Waals surface area contributed by atoms with Gasteiger partial charge < -0.3 is 10.2 Å². The van der Waals surface area contributed by atoms with Gasteiger partial charge in [-0.25, -0.2) is 0 Å². The van der Waals surface area contributed by atoms with E-state index in [9.17, 15) is 4.79 Å². The second-order valence-corrected chi connectivity index (χ2v) is 6.01. The third-order valence-electron chi connectivity index (χ3n) is 4.19. The van der Waals surface area contributed by atoms with Gasteiger partial charge in [0.2, 0.25) is 5.91 Å². The molecule has 3 nitrogen and oxygen atoms in total. The molecule has 1 aromatic rings. The van der Waals surface area contributed by atoms with Crippen molar-refractivity contribution in [3.05, 3.63) is 35.9 Å². The first kappa shape index (κ1) is 15.0. The van der Waals surface area contributed by atoms with Crippen molar-refractivity contribution in [3.63, 3.8) is 0 Å². The average molecular weight is 274 g/mol. The minimum absolute atomic E-state index is 0.213. The molecule has 1 aliphatic heterocycles. The molecule has 0 aliphatic carbocycles. The van der Waals surface area contributed by atoms with Gasteiger partial charge in [0.05, 0.1) is 0 Å². The monoisotopic (exact) mass is 274 g/mol. The number of aryl methyl sites for hydroxylation is 1. The van der Waals surface area contributed by atoms with Crippen molar-refractivity contribution in [3.8, 4) is 0 Å². The van der Waals surface area contributed by atoms with Crippen molar-refractivity contribution >= 4 is 5.91 Å². The van der Waals surface area contributed by atoms with Crippen LogP contribution >= 0.6 is 0 Å². The van der Waals surface area contributed by atoms with E-state index in [2.05, 4.69) is 48.5 Å². The Labute approximate surface area is 122 Å². The standard InChI is InChI=1S/C17H26N2O/c1-14(8-9-15-6-4-3-5-7-15)18-17(20)16-10-12-19(2)13-11-16/h3-7,14,16H,8-13H2,1-2H3,(H,18,20)/t14-/m0/s1. The minimum atomic E-state index is 0.213. The van der Waals surface area contributed by atoms with Gasteiger partial charge in [0, 0.05) is 12.0 Å². The van der Waals surface area contributed by atoms with Gasteiger partial charge in [-0.2, -0.15) is 0 Å². The van der Waals surface area contributed by atoms with Crippen LogP contribution in [0.5, 0.6) is 0 Å². The molecular formula is C17H26N2O. The Balaban J connectivity index is 1.71. The number of rotatable bonds is 5. The summed E-state index contributed by atoms with van der Waals surface area (Å²) in [5, 5.41) is 3.18. The molecule has 1 heterocycles. The first-order chi connectivity index (χ1) is 9.65. The van der Waals surface area contributed by atoms with Gasteiger partial charge in [0.15, 0.2) is 0 Å². The minimum Gasteiger partial charge on any atom is -0.353 e. The van der Waals surface area contributed by atoms with Gasteiger partial charge in [-0.3, -0.25) is 4.79 Å². The van der Waals surface area contributed by atoms with Crippen LogP contribution in [0.1, 0.15) is 31.7 Å². The molecule has 1 saturated heterocycles. The summed E-state index contributed by atoms with van der Waals surface area (Å²) in [4.78, 5) is 14.5. The van der Waals surface area contributed by atoms with Crippen molar-refractivity contribution in [1.82, 2.24) is 10.2 Å². The maximum atomic E-state index is 12.2. The van der Waals surface area contributed by atoms with Crippen LogP contribution in [0.4, 0.5) is 0 Å². The summed E-state index contributed by atoms with van der Waals surface area (Å²) in [5.41, 5.74) is 1.34. The largest absolute Gasteiger partial charge is 0.353 e. The lowest BCUT2D eigenvalue weighted by Crippen LogP contribution is -2.42. The molecular weight excluding hydrogens is 248 g/mol. The van der Waals surface area contributed by atoms with E-state index in [4.69, 9.17) is 0 Å². The highest BCUT2D eigenvalue weighted by molar-refractivity contribution is 5.79. The molecule has 0 unspecified atom stereocenters. The Morgan fingerprint density at radius 3 is 2.60 bits per heavy atom. The van der Waals surface area contributed by atoms with E-state index in [0.29, 0.717) is 0 Å². The fraction of sp³-hybridized carbons (Fsp3) is 0.588. The summed E-state index contributed by atoms with van der Waals surface area (Å²) >= 11 is 0. The number of likely N-dealkylation sites (tertiary alicyclic amines) is 1. The predicted octanol–water partition coefficient (Wildman–Crippen LogP) is 2.47. The molecule has 0 bridgehead atoms. The molecule has 0 aromatic heterocycles. The van der Waals surface area contributed by atoms with Crippen LogP contribution in [0.15, 0.2) is 30.3 Å². The van der Waals surface area contributed by atoms with Crippen LogP contribution in [-0.2, 0) is 11.2 Å². The fourth-order valence-electron chi connectivity index (χ4n) is 2.73. The second kappa shape index (κ2) is 7.44. The Morgan fingerprint density at radius 1 is 1.30 bits per heavy atom. The molecule has 1 N–H and O–H groups in total. The van der Waals surface area contributed by atoms with E-state index in [1.807, 2.05) is 6.07 Å². The predicted molar refractivity (Wildman–Crippen MR) is 82.6 cm³/mol. The second-order valence-electron chi connectivity index (χ2n) is 6.01. The number of nitrogens with zero attached hydrogens (tertiary/aromatic N) is 1. The lowest BCUT2D eigenvalue weighted by atomic mass is 9.95. The van der Waals surface area contributed by atoms with E-state index in [0.717, 1.165) is 38.8 Å². The molecule has 1 atom stereocenters. The Hall–Kier alpha value is -1.35. The van der Waals surface area contributed by atoms with Crippen molar-refractivity contribution < 1.29 is 4.79 Å². The Kier molecular flexibility index (Phi) is 5.60. The molecule has 1 fully saturated rings. The molecule has 0 spiro atoms. The van der Waals surface area contributed by atoms with Crippen LogP contribution in [0.25, 0.3) is 0 Å². The number of hydrogen-bond donors (Lipinski definition) is 1. The Bertz CT molecular complexity index is 410. The summed E-state index contributed by atoms with van der Waals surface area (Å²) in [6, 6.07) is 10.7. The van der Waals surface area contributed by atoms with Gasteiger partial charge in [-0.1, -0.05) is 30.3 Å². The van der Waals surface area contributed by atoms with Crippen LogP contribution in [-0.4, -0.2) is 37.0 Å². The number of carbonyl (C=O) groups is 1. The molecule has 0 saturated carbocycles. The normalized spacial score (nSPS) is 18.7. The molecule has 0 radical (unpaired) electrons. The highest BCUT2D eigenvalue weighted by Gasteiger charge is 2.23. The molecule has 20 heavy (non-hydrogen) atoms. The van der Waals surface area contributed by atoms with Crippen LogP contribution in [0.2, 0.25) is 0 Å². The zero-order chi connectivity index (χ0) is 14.4. The van der Waals surface area contributed by atoms with Crippen molar-refractivity contribution in [2.75, 3.05) is 20.1 Å². The van der Waals surface area contributed by atoms with E-state index in [1.54, 1.807) is 0 Å². The zero-order valence-corrected chi connectivity index (χ0v) is 12.6. The highest BCUT2D eigenvalue weighted by Crippen LogP contribution is 2.16. The summed E-state index contributed by atoms with van der Waals surface area (Å²) < 4.78 is 0. The molecule has 1 amide bonds. The quantitative estimate of drug-likeness (QED) is 0.894.